The average Bonchev–Trinajstić information content (AvgIpc) is 3.08. The van der Waals surface area contributed by atoms with Gasteiger partial charge in [-0.15, -0.1) is 0 Å². The molecule has 2 aliphatic rings. The molecule has 2 fully saturated rings. The number of carbonyl (C=O) groups is 1. The topological polar surface area (TPSA) is 26.3 Å². The smallest absolute Gasteiger partial charge is 0.138 e. The van der Waals surface area contributed by atoms with Crippen molar-refractivity contribution < 1.29 is 18.3 Å². The number of hydrogen-bond acceptors (Lipinski definition) is 2. The van der Waals surface area contributed by atoms with Gasteiger partial charge in [-0.1, -0.05) is 37.6 Å². The molecule has 0 spiro atoms. The predicted molar refractivity (Wildman–Crippen MR) is 104 cm³/mol. The molecule has 0 aliphatic heterocycles. The number of ether oxygens (including phenoxy) is 1. The van der Waals surface area contributed by atoms with Crippen molar-refractivity contribution in [3.63, 3.8) is 0 Å². The van der Waals surface area contributed by atoms with E-state index < -0.39 is 6.10 Å². The Morgan fingerprint density at radius 3 is 2.07 bits per heavy atom. The van der Waals surface area contributed by atoms with Crippen LogP contribution in [0.2, 0.25) is 0 Å². The van der Waals surface area contributed by atoms with E-state index in [1.54, 1.807) is 24.3 Å². The van der Waals surface area contributed by atoms with Crippen LogP contribution in [0, 0.1) is 29.4 Å². The molecule has 2 saturated carbocycles. The fourth-order valence-electron chi connectivity index (χ4n) is 5.08. The summed E-state index contributed by atoms with van der Waals surface area (Å²) in [6, 6.07) is 12.5. The molecule has 148 valence electrons. The molecule has 0 N–H and O–H groups in total. The zero-order valence-electron chi connectivity index (χ0n) is 16.1. The van der Waals surface area contributed by atoms with E-state index >= 15 is 0 Å². The van der Waals surface area contributed by atoms with E-state index in [1.807, 2.05) is 6.92 Å². The highest BCUT2D eigenvalue weighted by molar-refractivity contribution is 5.81. The van der Waals surface area contributed by atoms with Gasteiger partial charge >= 0.3 is 0 Å². The minimum atomic E-state index is -0.448. The molecule has 0 saturated heterocycles. The fraction of sp³-hybridized carbons (Fsp3) is 0.458. The van der Waals surface area contributed by atoms with E-state index in [0.29, 0.717) is 18.3 Å². The lowest BCUT2D eigenvalue weighted by Crippen LogP contribution is -2.40. The molecule has 4 atom stereocenters. The summed E-state index contributed by atoms with van der Waals surface area (Å²) in [7, 11) is 0. The first-order chi connectivity index (χ1) is 13.5. The Hall–Kier alpha value is -2.07. The van der Waals surface area contributed by atoms with Crippen molar-refractivity contribution in [3.05, 3.63) is 71.3 Å². The lowest BCUT2D eigenvalue weighted by molar-refractivity contribution is -0.136. The van der Waals surface area contributed by atoms with Gasteiger partial charge < -0.3 is 4.74 Å². The van der Waals surface area contributed by atoms with Crippen molar-refractivity contribution in [3.8, 4) is 0 Å². The number of benzene rings is 2. The molecule has 0 heterocycles. The van der Waals surface area contributed by atoms with Crippen LogP contribution in [0.3, 0.4) is 0 Å². The number of Topliss-reactive ketones (excluding diaryl/α,β-unsaturated/α-hetero) is 1. The number of hydrogen-bond donors (Lipinski definition) is 0. The van der Waals surface area contributed by atoms with Crippen LogP contribution < -0.4 is 0 Å². The molecule has 0 amide bonds. The molecule has 2 nitrogen and oxygen atoms in total. The minimum absolute atomic E-state index is 0.0767. The zero-order chi connectivity index (χ0) is 19.7. The number of carbonyl (C=O) groups excluding carboxylic acids is 1. The molecule has 0 aromatic heterocycles. The monoisotopic (exact) mass is 384 g/mol. The molecule has 2 aromatic rings. The summed E-state index contributed by atoms with van der Waals surface area (Å²) in [4.78, 5) is 12.7. The van der Waals surface area contributed by atoms with Gasteiger partial charge in [0.1, 0.15) is 23.5 Å². The van der Waals surface area contributed by atoms with Crippen LogP contribution in [-0.2, 0) is 9.53 Å². The zero-order valence-corrected chi connectivity index (χ0v) is 16.1. The van der Waals surface area contributed by atoms with Gasteiger partial charge in [-0.3, -0.25) is 4.79 Å². The van der Waals surface area contributed by atoms with Crippen molar-refractivity contribution in [1.82, 2.24) is 0 Å². The fourth-order valence-corrected chi connectivity index (χ4v) is 5.08. The molecule has 1 unspecified atom stereocenters. The SMILES string of the molecule is CCC(=O)[C@@H]1[C@H]2CCC(C2)C[C@H]1OC(c1ccc(F)cc1)c1ccc(F)cc1. The van der Waals surface area contributed by atoms with Crippen molar-refractivity contribution in [2.75, 3.05) is 0 Å². The number of fused-ring (bicyclic) bond motifs is 2. The van der Waals surface area contributed by atoms with Crippen LogP contribution in [0.1, 0.15) is 56.3 Å². The van der Waals surface area contributed by atoms with Crippen molar-refractivity contribution in [2.24, 2.45) is 17.8 Å². The molecule has 2 aromatic carbocycles. The summed E-state index contributed by atoms with van der Waals surface area (Å²) in [5.74, 6) is 0.587. The Labute approximate surface area is 164 Å². The van der Waals surface area contributed by atoms with Crippen molar-refractivity contribution >= 4 is 5.78 Å². The Bertz CT molecular complexity index is 770. The van der Waals surface area contributed by atoms with E-state index in [1.165, 1.54) is 24.3 Å². The van der Waals surface area contributed by atoms with Gasteiger partial charge in [0.05, 0.1) is 6.10 Å². The third kappa shape index (κ3) is 3.88. The lowest BCUT2D eigenvalue weighted by Gasteiger charge is -2.38. The molecular formula is C24H26F2O2. The molecule has 4 heteroatoms. The summed E-state index contributed by atoms with van der Waals surface area (Å²) in [6.07, 6.45) is 4.17. The van der Waals surface area contributed by atoms with E-state index in [-0.39, 0.29) is 29.4 Å². The highest BCUT2D eigenvalue weighted by Crippen LogP contribution is 2.48. The number of ketones is 1. The first-order valence-electron chi connectivity index (χ1n) is 10.2. The maximum Gasteiger partial charge on any atom is 0.138 e. The summed E-state index contributed by atoms with van der Waals surface area (Å²) >= 11 is 0. The van der Waals surface area contributed by atoms with E-state index in [4.69, 9.17) is 4.74 Å². The maximum absolute atomic E-state index is 13.5. The third-order valence-corrected chi connectivity index (χ3v) is 6.43. The Morgan fingerprint density at radius 2 is 1.54 bits per heavy atom. The summed E-state index contributed by atoms with van der Waals surface area (Å²) in [5.41, 5.74) is 1.63. The van der Waals surface area contributed by atoms with Crippen LogP contribution in [-0.4, -0.2) is 11.9 Å². The maximum atomic E-state index is 13.5. The second kappa shape index (κ2) is 8.12. The lowest BCUT2D eigenvalue weighted by atomic mass is 9.75. The van der Waals surface area contributed by atoms with Gasteiger partial charge in [0.2, 0.25) is 0 Å². The van der Waals surface area contributed by atoms with E-state index in [0.717, 1.165) is 36.8 Å². The molecule has 2 bridgehead atoms. The third-order valence-electron chi connectivity index (χ3n) is 6.43. The van der Waals surface area contributed by atoms with Gasteiger partial charge in [-0.25, -0.2) is 8.78 Å². The largest absolute Gasteiger partial charge is 0.365 e. The van der Waals surface area contributed by atoms with Crippen molar-refractivity contribution in [2.45, 2.75) is 51.2 Å². The standard InChI is InChI=1S/C24H26F2O2/c1-2-21(27)23-18-4-3-15(13-18)14-22(23)28-24(16-5-9-19(25)10-6-16)17-7-11-20(26)12-8-17/h5-12,15,18,22-24H,2-4,13-14H2,1H3/t15?,18-,22+,23-/m0/s1. The van der Waals surface area contributed by atoms with Gasteiger partial charge in [0.15, 0.2) is 0 Å². The van der Waals surface area contributed by atoms with Crippen LogP contribution in [0.4, 0.5) is 8.78 Å². The second-order valence-corrected chi connectivity index (χ2v) is 8.18. The second-order valence-electron chi connectivity index (χ2n) is 8.18. The Balaban J connectivity index is 1.67. The molecule has 4 rings (SSSR count). The average molecular weight is 384 g/mol. The van der Waals surface area contributed by atoms with E-state index in [9.17, 15) is 13.6 Å². The Morgan fingerprint density at radius 1 is 0.964 bits per heavy atom. The van der Waals surface area contributed by atoms with Crippen LogP contribution in [0.5, 0.6) is 0 Å². The molecule has 28 heavy (non-hydrogen) atoms. The molecule has 0 radical (unpaired) electrons. The minimum Gasteiger partial charge on any atom is -0.365 e. The van der Waals surface area contributed by atoms with Gasteiger partial charge in [0, 0.05) is 12.3 Å². The van der Waals surface area contributed by atoms with Crippen LogP contribution in [0.25, 0.3) is 0 Å². The number of rotatable bonds is 6. The normalized spacial score (nSPS) is 26.6. The van der Waals surface area contributed by atoms with Crippen molar-refractivity contribution in [1.29, 1.82) is 0 Å². The molecular weight excluding hydrogens is 358 g/mol. The molecule has 2 aliphatic carbocycles. The predicted octanol–water partition coefficient (Wildman–Crippen LogP) is 5.85. The first-order valence-corrected chi connectivity index (χ1v) is 10.2. The number of halogens is 2. The summed E-state index contributed by atoms with van der Waals surface area (Å²) < 4.78 is 33.5. The van der Waals surface area contributed by atoms with Crippen LogP contribution in [0.15, 0.2) is 48.5 Å². The highest BCUT2D eigenvalue weighted by Gasteiger charge is 2.46. The first kappa shape index (κ1) is 19.3. The highest BCUT2D eigenvalue weighted by atomic mass is 19.1. The quantitative estimate of drug-likeness (QED) is 0.624. The summed E-state index contributed by atoms with van der Waals surface area (Å²) in [6.45, 7) is 1.91. The summed E-state index contributed by atoms with van der Waals surface area (Å²) in [5, 5.41) is 0. The van der Waals surface area contributed by atoms with Gasteiger partial charge in [-0.05, 0) is 66.5 Å². The van der Waals surface area contributed by atoms with Crippen LogP contribution >= 0.6 is 0 Å². The van der Waals surface area contributed by atoms with Gasteiger partial charge in [-0.2, -0.15) is 0 Å². The Kier molecular flexibility index (Phi) is 5.58. The van der Waals surface area contributed by atoms with E-state index in [2.05, 4.69) is 0 Å². The van der Waals surface area contributed by atoms with Gasteiger partial charge in [0.25, 0.3) is 0 Å².